The van der Waals surface area contributed by atoms with E-state index in [9.17, 15) is 9.90 Å². The highest BCUT2D eigenvalue weighted by Gasteiger charge is 2.06. The number of pyridine rings is 1. The number of hydrogen-bond donors (Lipinski definition) is 2. The van der Waals surface area contributed by atoms with Gasteiger partial charge < -0.3 is 10.4 Å². The van der Waals surface area contributed by atoms with Gasteiger partial charge in [-0.25, -0.2) is 0 Å². The molecule has 0 unspecified atom stereocenters. The Morgan fingerprint density at radius 2 is 2.06 bits per heavy atom. The van der Waals surface area contributed by atoms with Crippen LogP contribution in [-0.4, -0.2) is 16.0 Å². The van der Waals surface area contributed by atoms with Gasteiger partial charge in [-0.3, -0.25) is 9.78 Å². The topological polar surface area (TPSA) is 62.2 Å². The highest BCUT2D eigenvalue weighted by Crippen LogP contribution is 2.15. The lowest BCUT2D eigenvalue weighted by atomic mass is 10.1. The zero-order valence-corrected chi connectivity index (χ0v) is 9.84. The van der Waals surface area contributed by atoms with E-state index in [0.717, 1.165) is 5.56 Å². The molecule has 0 saturated heterocycles. The molecule has 0 radical (unpaired) electrons. The minimum Gasteiger partial charge on any atom is -0.508 e. The first-order valence-electron chi connectivity index (χ1n) is 5.68. The van der Waals surface area contributed by atoms with Crippen LogP contribution in [0.15, 0.2) is 48.8 Å². The molecule has 0 fully saturated rings. The third-order valence-corrected chi connectivity index (χ3v) is 2.56. The van der Waals surface area contributed by atoms with Gasteiger partial charge in [-0.05, 0) is 17.7 Å². The normalized spacial score (nSPS) is 10.0. The summed E-state index contributed by atoms with van der Waals surface area (Å²) in [7, 11) is 0. The second-order valence-electron chi connectivity index (χ2n) is 3.94. The van der Waals surface area contributed by atoms with E-state index in [1.807, 2.05) is 12.1 Å². The van der Waals surface area contributed by atoms with E-state index < -0.39 is 0 Å². The molecule has 0 bridgehead atoms. The molecule has 1 heterocycles. The van der Waals surface area contributed by atoms with Crippen molar-refractivity contribution in [1.29, 1.82) is 0 Å². The molecule has 0 saturated carbocycles. The number of nitrogens with zero attached hydrogens (tertiary/aromatic N) is 1. The molecule has 0 aliphatic rings. The van der Waals surface area contributed by atoms with Crippen LogP contribution in [0.2, 0.25) is 0 Å². The van der Waals surface area contributed by atoms with E-state index in [2.05, 4.69) is 10.3 Å². The number of aromatic nitrogens is 1. The molecule has 0 aliphatic heterocycles. The molecule has 2 rings (SSSR count). The van der Waals surface area contributed by atoms with Gasteiger partial charge in [0.1, 0.15) is 5.75 Å². The summed E-state index contributed by atoms with van der Waals surface area (Å²) in [5, 5.41) is 12.3. The summed E-state index contributed by atoms with van der Waals surface area (Å²) in [6, 6.07) is 10.6. The number of para-hydroxylation sites is 1. The summed E-state index contributed by atoms with van der Waals surface area (Å²) >= 11 is 0. The maximum Gasteiger partial charge on any atom is 0.224 e. The maximum atomic E-state index is 11.7. The molecule has 1 amide bonds. The van der Waals surface area contributed by atoms with Gasteiger partial charge in [0.25, 0.3) is 0 Å². The summed E-state index contributed by atoms with van der Waals surface area (Å²) < 4.78 is 0. The Morgan fingerprint density at radius 1 is 1.22 bits per heavy atom. The van der Waals surface area contributed by atoms with Crippen LogP contribution in [0.4, 0.5) is 0 Å². The number of benzene rings is 1. The standard InChI is InChI=1S/C14H14N2O2/c17-13-6-2-1-5-12(13)8-14(18)16-10-11-4-3-7-15-9-11/h1-7,9,17H,8,10H2,(H,16,18). The molecule has 4 nitrogen and oxygen atoms in total. The van der Waals surface area contributed by atoms with Gasteiger partial charge in [-0.2, -0.15) is 0 Å². The first kappa shape index (κ1) is 12.1. The summed E-state index contributed by atoms with van der Waals surface area (Å²) in [6.07, 6.45) is 3.57. The maximum absolute atomic E-state index is 11.7. The van der Waals surface area contributed by atoms with Crippen molar-refractivity contribution >= 4 is 5.91 Å². The number of carbonyl (C=O) groups is 1. The van der Waals surface area contributed by atoms with Crippen molar-refractivity contribution in [3.05, 3.63) is 59.9 Å². The number of aromatic hydroxyl groups is 1. The molecule has 1 aromatic heterocycles. The number of phenolic OH excluding ortho intramolecular Hbond substituents is 1. The summed E-state index contributed by atoms with van der Waals surface area (Å²) in [5.41, 5.74) is 1.57. The Morgan fingerprint density at radius 3 is 2.78 bits per heavy atom. The third-order valence-electron chi connectivity index (χ3n) is 2.56. The molecular formula is C14H14N2O2. The number of amides is 1. The largest absolute Gasteiger partial charge is 0.508 e. The fraction of sp³-hybridized carbons (Fsp3) is 0.143. The number of rotatable bonds is 4. The zero-order chi connectivity index (χ0) is 12.8. The van der Waals surface area contributed by atoms with Crippen molar-refractivity contribution in [1.82, 2.24) is 10.3 Å². The molecule has 1 aromatic carbocycles. The quantitative estimate of drug-likeness (QED) is 0.856. The molecule has 18 heavy (non-hydrogen) atoms. The van der Waals surface area contributed by atoms with Crippen LogP contribution in [0, 0.1) is 0 Å². The predicted octanol–water partition coefficient (Wildman–Crippen LogP) is 1.65. The van der Waals surface area contributed by atoms with E-state index >= 15 is 0 Å². The summed E-state index contributed by atoms with van der Waals surface area (Å²) in [5.74, 6) is 0.0226. The van der Waals surface area contributed by atoms with Crippen molar-refractivity contribution in [2.24, 2.45) is 0 Å². The van der Waals surface area contributed by atoms with Crippen molar-refractivity contribution in [2.45, 2.75) is 13.0 Å². The number of hydrogen-bond acceptors (Lipinski definition) is 3. The van der Waals surface area contributed by atoms with Crippen molar-refractivity contribution in [3.63, 3.8) is 0 Å². The number of phenols is 1. The van der Waals surface area contributed by atoms with Crippen LogP contribution in [0.1, 0.15) is 11.1 Å². The lowest BCUT2D eigenvalue weighted by Crippen LogP contribution is -2.24. The van der Waals surface area contributed by atoms with E-state index in [0.29, 0.717) is 12.1 Å². The third kappa shape index (κ3) is 3.31. The Balaban J connectivity index is 1.88. The lowest BCUT2D eigenvalue weighted by molar-refractivity contribution is -0.120. The van der Waals surface area contributed by atoms with Crippen LogP contribution in [0.3, 0.4) is 0 Å². The first-order valence-corrected chi connectivity index (χ1v) is 5.68. The van der Waals surface area contributed by atoms with Gasteiger partial charge in [0.2, 0.25) is 5.91 Å². The SMILES string of the molecule is O=C(Cc1ccccc1O)NCc1cccnc1. The van der Waals surface area contributed by atoms with E-state index in [-0.39, 0.29) is 18.1 Å². The predicted molar refractivity (Wildman–Crippen MR) is 67.9 cm³/mol. The van der Waals surface area contributed by atoms with Gasteiger partial charge in [0.15, 0.2) is 0 Å². The Labute approximate surface area is 105 Å². The minimum absolute atomic E-state index is 0.125. The second kappa shape index (κ2) is 5.82. The van der Waals surface area contributed by atoms with E-state index in [1.165, 1.54) is 0 Å². The van der Waals surface area contributed by atoms with Gasteiger partial charge in [0.05, 0.1) is 6.42 Å². The fourth-order valence-electron chi connectivity index (χ4n) is 1.60. The lowest BCUT2D eigenvalue weighted by Gasteiger charge is -2.06. The first-order chi connectivity index (χ1) is 8.75. The van der Waals surface area contributed by atoms with Gasteiger partial charge in [-0.1, -0.05) is 24.3 Å². The van der Waals surface area contributed by atoms with Crippen molar-refractivity contribution in [2.75, 3.05) is 0 Å². The van der Waals surface area contributed by atoms with Crippen molar-refractivity contribution in [3.8, 4) is 5.75 Å². The van der Waals surface area contributed by atoms with Crippen LogP contribution in [-0.2, 0) is 17.8 Å². The molecule has 0 atom stereocenters. The van der Waals surface area contributed by atoms with Crippen LogP contribution < -0.4 is 5.32 Å². The van der Waals surface area contributed by atoms with Gasteiger partial charge in [0, 0.05) is 24.5 Å². The molecule has 4 heteroatoms. The molecule has 92 valence electrons. The average molecular weight is 242 g/mol. The highest BCUT2D eigenvalue weighted by molar-refractivity contribution is 5.79. The Bertz CT molecular complexity index is 526. The molecule has 2 aromatic rings. The number of carbonyl (C=O) groups excluding carboxylic acids is 1. The molecule has 0 spiro atoms. The van der Waals surface area contributed by atoms with E-state index in [1.54, 1.807) is 36.7 Å². The van der Waals surface area contributed by atoms with Crippen LogP contribution >= 0.6 is 0 Å². The average Bonchev–Trinajstić information content (AvgIpc) is 2.40. The molecule has 2 N–H and O–H groups in total. The highest BCUT2D eigenvalue weighted by atomic mass is 16.3. The smallest absolute Gasteiger partial charge is 0.224 e. The van der Waals surface area contributed by atoms with Crippen LogP contribution in [0.25, 0.3) is 0 Å². The van der Waals surface area contributed by atoms with Crippen LogP contribution in [0.5, 0.6) is 5.75 Å². The van der Waals surface area contributed by atoms with Gasteiger partial charge in [-0.15, -0.1) is 0 Å². The Kier molecular flexibility index (Phi) is 3.91. The minimum atomic E-state index is -0.125. The van der Waals surface area contributed by atoms with Crippen molar-refractivity contribution < 1.29 is 9.90 Å². The molecule has 0 aliphatic carbocycles. The second-order valence-corrected chi connectivity index (χ2v) is 3.94. The number of nitrogens with one attached hydrogen (secondary N) is 1. The Hall–Kier alpha value is -2.36. The fourth-order valence-corrected chi connectivity index (χ4v) is 1.60. The summed E-state index contributed by atoms with van der Waals surface area (Å²) in [4.78, 5) is 15.7. The van der Waals surface area contributed by atoms with Gasteiger partial charge >= 0.3 is 0 Å². The van der Waals surface area contributed by atoms with E-state index in [4.69, 9.17) is 0 Å². The monoisotopic (exact) mass is 242 g/mol. The zero-order valence-electron chi connectivity index (χ0n) is 9.84. The molecular weight excluding hydrogens is 228 g/mol. The summed E-state index contributed by atoms with van der Waals surface area (Å²) in [6.45, 7) is 0.445.